The molecule has 0 aliphatic rings. The highest BCUT2D eigenvalue weighted by molar-refractivity contribution is 5.07. The predicted octanol–water partition coefficient (Wildman–Crippen LogP) is 7.47. The lowest BCUT2D eigenvalue weighted by molar-refractivity contribution is 0.336. The van der Waals surface area contributed by atoms with E-state index in [-0.39, 0.29) is 0 Å². The second-order valence-electron chi connectivity index (χ2n) is 7.53. The zero-order chi connectivity index (χ0) is 19.1. The van der Waals surface area contributed by atoms with E-state index in [2.05, 4.69) is 77.7 Å². The molecule has 0 rings (SSSR count). The van der Waals surface area contributed by atoms with Crippen LogP contribution >= 0.6 is 0 Å². The average Bonchev–Trinajstić information content (AvgIpc) is 2.55. The van der Waals surface area contributed by atoms with Gasteiger partial charge in [-0.25, -0.2) is 0 Å². The van der Waals surface area contributed by atoms with Crippen molar-refractivity contribution in [1.29, 1.82) is 0 Å². The maximum absolute atomic E-state index is 2.46. The Morgan fingerprint density at radius 1 is 0.600 bits per heavy atom. The van der Waals surface area contributed by atoms with Crippen molar-refractivity contribution in [3.8, 4) is 0 Å². The first-order valence-electron chi connectivity index (χ1n) is 10.2. The van der Waals surface area contributed by atoms with Gasteiger partial charge in [-0.3, -0.25) is 0 Å². The fraction of sp³-hybridized carbons (Fsp3) is 0.667. The highest BCUT2D eigenvalue weighted by atomic mass is 15.1. The van der Waals surface area contributed by atoms with Crippen molar-refractivity contribution >= 4 is 0 Å². The molecule has 0 N–H and O–H groups in total. The molecule has 0 saturated heterocycles. The van der Waals surface area contributed by atoms with Crippen molar-refractivity contribution in [1.82, 2.24) is 4.90 Å². The van der Waals surface area contributed by atoms with Gasteiger partial charge in [0.05, 0.1) is 0 Å². The van der Waals surface area contributed by atoms with Crippen LogP contribution in [0, 0.1) is 0 Å². The highest BCUT2D eigenvalue weighted by Gasteiger charge is 1.97. The molecule has 0 fully saturated rings. The summed E-state index contributed by atoms with van der Waals surface area (Å²) in [5, 5.41) is 0. The predicted molar refractivity (Wildman–Crippen MR) is 116 cm³/mol. The van der Waals surface area contributed by atoms with Crippen molar-refractivity contribution < 1.29 is 0 Å². The van der Waals surface area contributed by atoms with Gasteiger partial charge in [-0.2, -0.15) is 0 Å². The lowest BCUT2D eigenvalue weighted by Crippen LogP contribution is -2.22. The van der Waals surface area contributed by atoms with Crippen molar-refractivity contribution in [3.05, 3.63) is 46.6 Å². The van der Waals surface area contributed by atoms with E-state index in [4.69, 9.17) is 0 Å². The first kappa shape index (κ1) is 23.9. The summed E-state index contributed by atoms with van der Waals surface area (Å²) in [6, 6.07) is 0. The number of allylic oxidation sites excluding steroid dienone is 7. The van der Waals surface area contributed by atoms with Crippen molar-refractivity contribution in [2.75, 3.05) is 19.6 Å². The van der Waals surface area contributed by atoms with E-state index in [0.29, 0.717) is 0 Å². The molecule has 0 aliphatic carbocycles. The maximum Gasteiger partial charge on any atom is 0.0165 e. The van der Waals surface area contributed by atoms with E-state index in [1.807, 2.05) is 0 Å². The summed E-state index contributed by atoms with van der Waals surface area (Å²) >= 11 is 0. The molecule has 0 heterocycles. The van der Waals surface area contributed by atoms with Crippen LogP contribution in [0.1, 0.15) is 87.0 Å². The van der Waals surface area contributed by atoms with Crippen LogP contribution in [0.5, 0.6) is 0 Å². The van der Waals surface area contributed by atoms with Gasteiger partial charge >= 0.3 is 0 Å². The Morgan fingerprint density at radius 3 is 1.40 bits per heavy atom. The fourth-order valence-corrected chi connectivity index (χ4v) is 2.75. The summed E-state index contributed by atoms with van der Waals surface area (Å²) in [5.41, 5.74) is 6.00. The molecule has 0 spiro atoms. The van der Waals surface area contributed by atoms with Gasteiger partial charge in [0.25, 0.3) is 0 Å². The lowest BCUT2D eigenvalue weighted by atomic mass is 10.0. The molecule has 0 amide bonds. The van der Waals surface area contributed by atoms with Gasteiger partial charge in [0, 0.05) is 6.54 Å². The second-order valence-corrected chi connectivity index (χ2v) is 7.53. The third kappa shape index (κ3) is 14.9. The molecule has 25 heavy (non-hydrogen) atoms. The van der Waals surface area contributed by atoms with Crippen LogP contribution in [0.15, 0.2) is 46.6 Å². The Labute approximate surface area is 158 Å². The Morgan fingerprint density at radius 2 is 1.00 bits per heavy atom. The monoisotopic (exact) mass is 345 g/mol. The minimum absolute atomic E-state index is 1.10. The molecule has 1 heteroatoms. The van der Waals surface area contributed by atoms with Gasteiger partial charge in [0.1, 0.15) is 0 Å². The largest absolute Gasteiger partial charge is 0.300 e. The maximum atomic E-state index is 2.46. The van der Waals surface area contributed by atoms with Crippen molar-refractivity contribution in [3.63, 3.8) is 0 Å². The van der Waals surface area contributed by atoms with Crippen LogP contribution in [-0.4, -0.2) is 24.5 Å². The smallest absolute Gasteiger partial charge is 0.0165 e. The fourth-order valence-electron chi connectivity index (χ4n) is 2.75. The summed E-state index contributed by atoms with van der Waals surface area (Å²) in [4.78, 5) is 2.46. The average molecular weight is 346 g/mol. The Kier molecular flexibility index (Phi) is 14.5. The van der Waals surface area contributed by atoms with E-state index in [1.165, 1.54) is 60.8 Å². The summed E-state index contributed by atoms with van der Waals surface area (Å²) in [5.74, 6) is 0. The molecule has 0 bridgehead atoms. The van der Waals surface area contributed by atoms with Gasteiger partial charge in [0.2, 0.25) is 0 Å². The first-order chi connectivity index (χ1) is 11.9. The lowest BCUT2D eigenvalue weighted by Gasteiger charge is -2.15. The summed E-state index contributed by atoms with van der Waals surface area (Å²) in [7, 11) is 0. The van der Waals surface area contributed by atoms with Gasteiger partial charge in [-0.05, 0) is 86.2 Å². The van der Waals surface area contributed by atoms with Crippen LogP contribution in [0.2, 0.25) is 0 Å². The van der Waals surface area contributed by atoms with Crippen molar-refractivity contribution in [2.45, 2.75) is 87.0 Å². The van der Waals surface area contributed by atoms with Crippen LogP contribution < -0.4 is 0 Å². The molecule has 0 saturated carbocycles. The molecule has 1 nitrogen and oxygen atoms in total. The summed E-state index contributed by atoms with van der Waals surface area (Å²) in [6.45, 7) is 19.0. The molecule has 0 aromatic rings. The zero-order valence-corrected chi connectivity index (χ0v) is 18.1. The highest BCUT2D eigenvalue weighted by Crippen LogP contribution is 2.13. The van der Waals surface area contributed by atoms with E-state index < -0.39 is 0 Å². The SMILES string of the molecule is CCN(CC)C/C=C(\C)CC/C=C(\C)CC/C=C(\C)CCC=C(C)C. The van der Waals surface area contributed by atoms with Crippen molar-refractivity contribution in [2.24, 2.45) is 0 Å². The number of rotatable bonds is 13. The molecule has 0 unspecified atom stereocenters. The number of likely N-dealkylation sites (N-methyl/N-ethyl adjacent to an activating group) is 1. The normalized spacial score (nSPS) is 13.5. The molecule has 144 valence electrons. The minimum atomic E-state index is 1.10. The number of nitrogens with zero attached hydrogens (tertiary/aromatic N) is 1. The number of hydrogen-bond donors (Lipinski definition) is 0. The summed E-state index contributed by atoms with van der Waals surface area (Å²) in [6.07, 6.45) is 16.7. The summed E-state index contributed by atoms with van der Waals surface area (Å²) < 4.78 is 0. The minimum Gasteiger partial charge on any atom is -0.300 e. The number of hydrogen-bond acceptors (Lipinski definition) is 1. The Balaban J connectivity index is 4.05. The van der Waals surface area contributed by atoms with Gasteiger partial charge in [-0.15, -0.1) is 0 Å². The molecule has 0 aromatic carbocycles. The van der Waals surface area contributed by atoms with Gasteiger partial charge in [-0.1, -0.05) is 60.4 Å². The molecule has 0 aromatic heterocycles. The van der Waals surface area contributed by atoms with E-state index >= 15 is 0 Å². The van der Waals surface area contributed by atoms with E-state index in [9.17, 15) is 0 Å². The van der Waals surface area contributed by atoms with E-state index in [0.717, 1.165) is 19.6 Å². The first-order valence-corrected chi connectivity index (χ1v) is 10.2. The van der Waals surface area contributed by atoms with Crippen LogP contribution in [-0.2, 0) is 0 Å². The topological polar surface area (TPSA) is 3.24 Å². The van der Waals surface area contributed by atoms with E-state index in [1.54, 1.807) is 0 Å². The zero-order valence-electron chi connectivity index (χ0n) is 18.1. The molecule has 0 radical (unpaired) electrons. The quantitative estimate of drug-likeness (QED) is 0.313. The van der Waals surface area contributed by atoms with Crippen LogP contribution in [0.25, 0.3) is 0 Å². The van der Waals surface area contributed by atoms with Crippen LogP contribution in [0.4, 0.5) is 0 Å². The molecular formula is C24H43N. The second kappa shape index (κ2) is 15.2. The van der Waals surface area contributed by atoms with Crippen LogP contribution in [0.3, 0.4) is 0 Å². The Bertz CT molecular complexity index is 454. The molecule has 0 aliphatic heterocycles. The Hall–Kier alpha value is -1.08. The standard InChI is InChI=1S/C24H43N/c1-8-25(9-2)20-19-24(7)18-12-17-23(6)16-11-15-22(5)14-10-13-21(3)4/h13,15,17,19H,8-12,14,16,18,20H2,1-7H3/b22-15+,23-17+,24-19+. The molecular weight excluding hydrogens is 302 g/mol. The third-order valence-corrected chi connectivity index (χ3v) is 4.75. The van der Waals surface area contributed by atoms with Gasteiger partial charge < -0.3 is 4.90 Å². The third-order valence-electron chi connectivity index (χ3n) is 4.75. The van der Waals surface area contributed by atoms with Gasteiger partial charge in [0.15, 0.2) is 0 Å². The molecule has 0 atom stereocenters.